The molecule has 0 saturated heterocycles. The zero-order valence-corrected chi connectivity index (χ0v) is 15.4. The summed E-state index contributed by atoms with van der Waals surface area (Å²) in [6.07, 6.45) is -3.09. The highest BCUT2D eigenvalue weighted by atomic mass is 79.9. The van der Waals surface area contributed by atoms with Crippen molar-refractivity contribution in [1.29, 1.82) is 5.26 Å². The number of nitriles is 1. The van der Waals surface area contributed by atoms with E-state index in [4.69, 9.17) is 0 Å². The van der Waals surface area contributed by atoms with E-state index in [9.17, 15) is 28.3 Å². The van der Waals surface area contributed by atoms with Crippen molar-refractivity contribution in [2.24, 2.45) is 0 Å². The molecule has 1 aromatic heterocycles. The summed E-state index contributed by atoms with van der Waals surface area (Å²) in [6.45, 7) is 1.69. The number of phenols is 1. The molecule has 0 bridgehead atoms. The van der Waals surface area contributed by atoms with E-state index in [1.807, 2.05) is 0 Å². The third-order valence-corrected chi connectivity index (χ3v) is 4.44. The van der Waals surface area contributed by atoms with Gasteiger partial charge >= 0.3 is 6.18 Å². The van der Waals surface area contributed by atoms with Gasteiger partial charge in [-0.1, -0.05) is 6.07 Å². The molecule has 2 rings (SSSR count). The van der Waals surface area contributed by atoms with Crippen molar-refractivity contribution < 1.29 is 23.1 Å². The molecule has 0 aliphatic rings. The number of halogens is 4. The standard InChI is InChI=1S/C18H14BrF3N2O2/c1-10-5-14(11(2)24(10)9-18(20,21)22)17(26)13(8-23)6-12-3-4-16(25)15(19)7-12/h3-7,25H,9H2,1-2H3/b13-6-. The quantitative estimate of drug-likeness (QED) is 0.428. The van der Waals surface area contributed by atoms with Crippen molar-refractivity contribution in [3.63, 3.8) is 0 Å². The molecule has 0 fully saturated rings. The van der Waals surface area contributed by atoms with Crippen molar-refractivity contribution >= 4 is 27.8 Å². The highest BCUT2D eigenvalue weighted by Crippen LogP contribution is 2.27. The summed E-state index contributed by atoms with van der Waals surface area (Å²) in [5, 5.41) is 18.8. The van der Waals surface area contributed by atoms with Gasteiger partial charge in [-0.25, -0.2) is 0 Å². The van der Waals surface area contributed by atoms with E-state index in [1.54, 1.807) is 6.07 Å². The van der Waals surface area contributed by atoms with Crippen LogP contribution in [0.1, 0.15) is 27.3 Å². The van der Waals surface area contributed by atoms with Crippen LogP contribution in [0.5, 0.6) is 5.75 Å². The number of aromatic hydroxyl groups is 1. The minimum Gasteiger partial charge on any atom is -0.507 e. The number of aromatic nitrogens is 1. The summed E-state index contributed by atoms with van der Waals surface area (Å²) >= 11 is 3.14. The Kier molecular flexibility index (Phi) is 5.62. The largest absolute Gasteiger partial charge is 0.507 e. The van der Waals surface area contributed by atoms with Crippen molar-refractivity contribution in [2.45, 2.75) is 26.6 Å². The molecule has 4 nitrogen and oxygen atoms in total. The lowest BCUT2D eigenvalue weighted by Crippen LogP contribution is -2.19. The van der Waals surface area contributed by atoms with Crippen LogP contribution in [0.4, 0.5) is 13.2 Å². The fourth-order valence-corrected chi connectivity index (χ4v) is 2.92. The summed E-state index contributed by atoms with van der Waals surface area (Å²) in [7, 11) is 0. The Morgan fingerprint density at radius 3 is 2.54 bits per heavy atom. The van der Waals surface area contributed by atoms with E-state index in [0.717, 1.165) is 4.57 Å². The van der Waals surface area contributed by atoms with Crippen molar-refractivity contribution in [1.82, 2.24) is 4.57 Å². The molecule has 0 saturated carbocycles. The summed E-state index contributed by atoms with van der Waals surface area (Å²) in [5.41, 5.74) is 0.765. The molecule has 0 radical (unpaired) electrons. The first-order chi connectivity index (χ1) is 12.0. The number of aryl methyl sites for hydroxylation is 1. The second-order valence-corrected chi connectivity index (χ2v) is 6.55. The Balaban J connectivity index is 2.43. The lowest BCUT2D eigenvalue weighted by Gasteiger charge is -2.12. The van der Waals surface area contributed by atoms with E-state index in [-0.39, 0.29) is 28.3 Å². The third-order valence-electron chi connectivity index (χ3n) is 3.80. The number of Topliss-reactive ketones (excluding diaryl/α,β-unsaturated/α-hetero) is 1. The lowest BCUT2D eigenvalue weighted by molar-refractivity contribution is -0.141. The highest BCUT2D eigenvalue weighted by molar-refractivity contribution is 9.10. The van der Waals surface area contributed by atoms with Gasteiger partial charge in [0.05, 0.1) is 4.47 Å². The number of benzene rings is 1. The number of carbonyl (C=O) groups excluding carboxylic acids is 1. The average Bonchev–Trinajstić information content (AvgIpc) is 2.82. The lowest BCUT2D eigenvalue weighted by atomic mass is 10.0. The first-order valence-corrected chi connectivity index (χ1v) is 8.21. The van der Waals surface area contributed by atoms with Crippen LogP contribution in [0.2, 0.25) is 0 Å². The van der Waals surface area contributed by atoms with Gasteiger partial charge in [-0.15, -0.1) is 0 Å². The molecule has 0 amide bonds. The topological polar surface area (TPSA) is 66.0 Å². The maximum absolute atomic E-state index is 12.7. The SMILES string of the molecule is Cc1cc(C(=O)/C(C#N)=C\c2ccc(O)c(Br)c2)c(C)n1CC(F)(F)F. The zero-order valence-electron chi connectivity index (χ0n) is 13.9. The Bertz CT molecular complexity index is 937. The van der Waals surface area contributed by atoms with E-state index in [1.165, 1.54) is 44.2 Å². The smallest absolute Gasteiger partial charge is 0.406 e. The predicted octanol–water partition coefficient (Wildman–Crippen LogP) is 4.93. The number of alkyl halides is 3. The van der Waals surface area contributed by atoms with Crippen molar-refractivity contribution in [3.8, 4) is 11.8 Å². The van der Waals surface area contributed by atoms with Gasteiger partial charge in [0.25, 0.3) is 0 Å². The summed E-state index contributed by atoms with van der Waals surface area (Å²) in [6, 6.07) is 7.56. The van der Waals surface area contributed by atoms with E-state index in [0.29, 0.717) is 10.0 Å². The number of carbonyl (C=O) groups is 1. The second-order valence-electron chi connectivity index (χ2n) is 5.70. The molecule has 0 aliphatic carbocycles. The number of nitrogens with zero attached hydrogens (tertiary/aromatic N) is 2. The summed E-state index contributed by atoms with van der Waals surface area (Å²) in [5.74, 6) is -0.652. The average molecular weight is 427 g/mol. The minimum atomic E-state index is -4.42. The molecule has 0 spiro atoms. The first kappa shape index (κ1) is 19.8. The third kappa shape index (κ3) is 4.35. The Hall–Kier alpha value is -2.53. The Morgan fingerprint density at radius 1 is 1.35 bits per heavy atom. The van der Waals surface area contributed by atoms with Crippen LogP contribution in [-0.4, -0.2) is 21.6 Å². The van der Waals surface area contributed by atoms with Crippen LogP contribution < -0.4 is 0 Å². The Morgan fingerprint density at radius 2 is 2.00 bits per heavy atom. The van der Waals surface area contributed by atoms with Gasteiger partial charge in [0.1, 0.15) is 23.9 Å². The highest BCUT2D eigenvalue weighted by Gasteiger charge is 2.30. The fourth-order valence-electron chi connectivity index (χ4n) is 2.53. The van der Waals surface area contributed by atoms with Crippen LogP contribution in [-0.2, 0) is 6.54 Å². The van der Waals surface area contributed by atoms with Crippen LogP contribution in [0.15, 0.2) is 34.3 Å². The van der Waals surface area contributed by atoms with Gasteiger partial charge in [0.15, 0.2) is 0 Å². The van der Waals surface area contributed by atoms with E-state index < -0.39 is 18.5 Å². The molecule has 1 N–H and O–H groups in total. The number of hydrogen-bond acceptors (Lipinski definition) is 3. The molecular formula is C18H14BrF3N2O2. The number of ketones is 1. The molecule has 0 atom stereocenters. The Labute approximate surface area is 156 Å². The van der Waals surface area contributed by atoms with Crippen LogP contribution in [0.3, 0.4) is 0 Å². The fraction of sp³-hybridized carbons (Fsp3) is 0.222. The van der Waals surface area contributed by atoms with Gasteiger partial charge in [0, 0.05) is 17.0 Å². The molecule has 1 aromatic carbocycles. The van der Waals surface area contributed by atoms with Crippen LogP contribution >= 0.6 is 15.9 Å². The van der Waals surface area contributed by atoms with E-state index in [2.05, 4.69) is 15.9 Å². The zero-order chi connectivity index (χ0) is 19.6. The van der Waals surface area contributed by atoms with Gasteiger partial charge < -0.3 is 9.67 Å². The van der Waals surface area contributed by atoms with Crippen molar-refractivity contribution in [3.05, 3.63) is 56.8 Å². The number of phenolic OH excluding ortho intramolecular Hbond substituents is 1. The van der Waals surface area contributed by atoms with Crippen LogP contribution in [0, 0.1) is 25.2 Å². The van der Waals surface area contributed by atoms with Crippen molar-refractivity contribution in [2.75, 3.05) is 0 Å². The van der Waals surface area contributed by atoms with E-state index >= 15 is 0 Å². The maximum atomic E-state index is 12.7. The number of hydrogen-bond donors (Lipinski definition) is 1. The van der Waals surface area contributed by atoms with Gasteiger partial charge in [0.2, 0.25) is 5.78 Å². The van der Waals surface area contributed by atoms with Gasteiger partial charge in [-0.05, 0) is 59.6 Å². The summed E-state index contributed by atoms with van der Waals surface area (Å²) in [4.78, 5) is 12.6. The monoisotopic (exact) mass is 426 g/mol. The van der Waals surface area contributed by atoms with Gasteiger partial charge in [-0.2, -0.15) is 18.4 Å². The maximum Gasteiger partial charge on any atom is 0.406 e. The number of allylic oxidation sites excluding steroid dienone is 1. The normalized spacial score (nSPS) is 12.1. The molecule has 0 aliphatic heterocycles. The predicted molar refractivity (Wildman–Crippen MR) is 93.7 cm³/mol. The molecule has 26 heavy (non-hydrogen) atoms. The first-order valence-electron chi connectivity index (χ1n) is 7.42. The molecular weight excluding hydrogens is 413 g/mol. The second kappa shape index (κ2) is 7.38. The molecule has 1 heterocycles. The molecule has 0 unspecified atom stereocenters. The number of rotatable bonds is 4. The van der Waals surface area contributed by atoms with Crippen LogP contribution in [0.25, 0.3) is 6.08 Å². The molecule has 2 aromatic rings. The summed E-state index contributed by atoms with van der Waals surface area (Å²) < 4.78 is 39.5. The minimum absolute atomic E-state index is 0.00248. The van der Waals surface area contributed by atoms with Gasteiger partial charge in [-0.3, -0.25) is 4.79 Å². The molecule has 136 valence electrons. The molecule has 8 heteroatoms.